The molecule has 2 aromatic heterocycles. The molecule has 8 heteroatoms. The van der Waals surface area contributed by atoms with Crippen molar-refractivity contribution in [2.75, 3.05) is 5.75 Å². The first kappa shape index (κ1) is 23.3. The summed E-state index contributed by atoms with van der Waals surface area (Å²) in [6, 6.07) is 2.27. The summed E-state index contributed by atoms with van der Waals surface area (Å²) in [5.41, 5.74) is 0.420. The molecule has 1 N–H and O–H groups in total. The maximum Gasteiger partial charge on any atom is 0.263 e. The molecule has 0 bridgehead atoms. The molecule has 2 unspecified atom stereocenters. The van der Waals surface area contributed by atoms with Crippen LogP contribution in [-0.2, 0) is 24.2 Å². The van der Waals surface area contributed by atoms with Gasteiger partial charge in [0.05, 0.1) is 17.2 Å². The zero-order chi connectivity index (χ0) is 23.0. The van der Waals surface area contributed by atoms with E-state index in [1.165, 1.54) is 22.2 Å². The Kier molecular flexibility index (Phi) is 6.69. The number of thiophene rings is 1. The molecule has 0 aromatic carbocycles. The molecule has 2 aromatic rings. The van der Waals surface area contributed by atoms with Crippen molar-refractivity contribution in [3.8, 4) is 6.07 Å². The molecular weight excluding hydrogens is 440 g/mol. The summed E-state index contributed by atoms with van der Waals surface area (Å²) < 4.78 is 1.77. The number of nitrogens with zero attached hydrogens (tertiary/aromatic N) is 3. The number of rotatable bonds is 8. The van der Waals surface area contributed by atoms with E-state index in [-0.39, 0.29) is 23.1 Å². The molecule has 32 heavy (non-hydrogen) atoms. The average molecular weight is 473 g/mol. The van der Waals surface area contributed by atoms with Crippen molar-refractivity contribution in [1.29, 1.82) is 5.26 Å². The first-order valence-corrected chi connectivity index (χ1v) is 13.4. The van der Waals surface area contributed by atoms with Gasteiger partial charge < -0.3 is 5.32 Å². The minimum atomic E-state index is -0.810. The van der Waals surface area contributed by atoms with Gasteiger partial charge in [-0.3, -0.25) is 14.2 Å². The molecule has 0 aliphatic heterocycles. The monoisotopic (exact) mass is 472 g/mol. The Morgan fingerprint density at radius 3 is 2.81 bits per heavy atom. The number of hydrogen-bond acceptors (Lipinski definition) is 6. The smallest absolute Gasteiger partial charge is 0.263 e. The van der Waals surface area contributed by atoms with Crippen molar-refractivity contribution in [2.24, 2.45) is 17.8 Å². The molecular formula is C24H32N4O2S2. The molecule has 6 nitrogen and oxygen atoms in total. The van der Waals surface area contributed by atoms with Crippen molar-refractivity contribution in [3.63, 3.8) is 0 Å². The van der Waals surface area contributed by atoms with E-state index in [0.717, 1.165) is 48.7 Å². The summed E-state index contributed by atoms with van der Waals surface area (Å²) in [5, 5.41) is 13.8. The highest BCUT2D eigenvalue weighted by Gasteiger charge is 2.43. The summed E-state index contributed by atoms with van der Waals surface area (Å²) in [5.74, 6) is 1.30. The summed E-state index contributed by atoms with van der Waals surface area (Å²) in [6.45, 7) is 8.95. The minimum Gasteiger partial charge on any atom is -0.337 e. The second kappa shape index (κ2) is 9.18. The lowest BCUT2D eigenvalue weighted by atomic mass is 9.89. The van der Waals surface area contributed by atoms with Crippen molar-refractivity contribution >= 4 is 39.2 Å². The maximum absolute atomic E-state index is 13.6. The van der Waals surface area contributed by atoms with Crippen LogP contribution in [0.15, 0.2) is 9.95 Å². The van der Waals surface area contributed by atoms with E-state index in [4.69, 9.17) is 4.98 Å². The number of nitriles is 1. The Hall–Kier alpha value is -1.85. The first-order valence-electron chi connectivity index (χ1n) is 11.6. The van der Waals surface area contributed by atoms with Crippen LogP contribution < -0.4 is 10.9 Å². The highest BCUT2D eigenvalue weighted by Crippen LogP contribution is 2.39. The van der Waals surface area contributed by atoms with Crippen LogP contribution in [0.1, 0.15) is 63.8 Å². The number of amides is 1. The van der Waals surface area contributed by atoms with E-state index in [9.17, 15) is 14.9 Å². The van der Waals surface area contributed by atoms with Gasteiger partial charge in [0, 0.05) is 11.4 Å². The molecule has 172 valence electrons. The van der Waals surface area contributed by atoms with Gasteiger partial charge in [0.2, 0.25) is 5.91 Å². The van der Waals surface area contributed by atoms with Crippen molar-refractivity contribution < 1.29 is 4.79 Å². The van der Waals surface area contributed by atoms with Gasteiger partial charge in [-0.1, -0.05) is 32.5 Å². The Labute approximate surface area is 197 Å². The second-order valence-corrected chi connectivity index (χ2v) is 12.0. The van der Waals surface area contributed by atoms with Gasteiger partial charge in [0.25, 0.3) is 5.56 Å². The normalized spacial score (nSPS) is 20.1. The second-order valence-electron chi connectivity index (χ2n) is 9.99. The zero-order valence-electron chi connectivity index (χ0n) is 19.4. The van der Waals surface area contributed by atoms with Crippen LogP contribution in [0.4, 0.5) is 0 Å². The van der Waals surface area contributed by atoms with E-state index in [2.05, 4.69) is 32.2 Å². The first-order chi connectivity index (χ1) is 15.2. The molecule has 1 saturated carbocycles. The predicted octanol–water partition coefficient (Wildman–Crippen LogP) is 4.53. The van der Waals surface area contributed by atoms with E-state index in [1.54, 1.807) is 22.8 Å². The zero-order valence-corrected chi connectivity index (χ0v) is 21.0. The van der Waals surface area contributed by atoms with Gasteiger partial charge in [-0.15, -0.1) is 11.3 Å². The van der Waals surface area contributed by atoms with E-state index in [1.807, 2.05) is 0 Å². The Morgan fingerprint density at radius 2 is 2.16 bits per heavy atom. The Balaban J connectivity index is 1.62. The number of nitrogens with one attached hydrogen (secondary N) is 1. The SMILES string of the molecule is CC(C)CCn1c(SCC(=O)NC(C)(C#N)C2CC2)nc2sc3c(c2c1=O)CCC(C)C3. The van der Waals surface area contributed by atoms with Gasteiger partial charge in [0.15, 0.2) is 5.16 Å². The van der Waals surface area contributed by atoms with E-state index in [0.29, 0.717) is 23.5 Å². The number of aromatic nitrogens is 2. The molecule has 2 heterocycles. The summed E-state index contributed by atoms with van der Waals surface area (Å²) in [7, 11) is 0. The van der Waals surface area contributed by atoms with Gasteiger partial charge >= 0.3 is 0 Å². The average Bonchev–Trinajstić information content (AvgIpc) is 3.53. The van der Waals surface area contributed by atoms with Crippen LogP contribution in [0, 0.1) is 29.1 Å². The molecule has 0 saturated heterocycles. The summed E-state index contributed by atoms with van der Waals surface area (Å²) in [6.07, 6.45) is 5.91. The highest BCUT2D eigenvalue weighted by molar-refractivity contribution is 7.99. The maximum atomic E-state index is 13.6. The Morgan fingerprint density at radius 1 is 1.41 bits per heavy atom. The van der Waals surface area contributed by atoms with Gasteiger partial charge in [-0.2, -0.15) is 5.26 Å². The minimum absolute atomic E-state index is 0.0328. The van der Waals surface area contributed by atoms with Crippen LogP contribution in [0.2, 0.25) is 0 Å². The van der Waals surface area contributed by atoms with Gasteiger partial charge in [-0.05, 0) is 68.8 Å². The molecule has 2 aliphatic rings. The number of carbonyl (C=O) groups is 1. The third kappa shape index (κ3) is 4.74. The third-order valence-corrected chi connectivity index (χ3v) is 8.79. The van der Waals surface area contributed by atoms with Crippen LogP contribution in [-0.4, -0.2) is 26.8 Å². The van der Waals surface area contributed by atoms with Crippen LogP contribution in [0.25, 0.3) is 10.2 Å². The summed E-state index contributed by atoms with van der Waals surface area (Å²) in [4.78, 5) is 33.2. The van der Waals surface area contributed by atoms with Crippen LogP contribution in [0.3, 0.4) is 0 Å². The van der Waals surface area contributed by atoms with Crippen LogP contribution in [0.5, 0.6) is 0 Å². The molecule has 0 spiro atoms. The standard InChI is InChI=1S/C24H32N4O2S2/c1-14(2)9-10-28-22(30)20-17-8-5-15(3)11-18(17)32-21(20)26-23(28)31-12-19(29)27-24(4,13-25)16-6-7-16/h14-16H,5-12H2,1-4H3,(H,27,29). The largest absolute Gasteiger partial charge is 0.337 e. The molecule has 2 aliphatic carbocycles. The van der Waals surface area contributed by atoms with E-state index < -0.39 is 5.54 Å². The number of hydrogen-bond donors (Lipinski definition) is 1. The molecule has 1 amide bonds. The fourth-order valence-electron chi connectivity index (χ4n) is 4.44. The predicted molar refractivity (Wildman–Crippen MR) is 130 cm³/mol. The number of carbonyl (C=O) groups excluding carboxylic acids is 1. The highest BCUT2D eigenvalue weighted by atomic mass is 32.2. The van der Waals surface area contributed by atoms with E-state index >= 15 is 0 Å². The van der Waals surface area contributed by atoms with Gasteiger partial charge in [-0.25, -0.2) is 4.98 Å². The number of aryl methyl sites for hydroxylation is 1. The third-order valence-electron chi connectivity index (χ3n) is 6.67. The fourth-order valence-corrected chi connectivity index (χ4v) is 6.69. The molecule has 2 atom stereocenters. The lowest BCUT2D eigenvalue weighted by molar-refractivity contribution is -0.119. The fraction of sp³-hybridized carbons (Fsp3) is 0.667. The van der Waals surface area contributed by atoms with Gasteiger partial charge in [0.1, 0.15) is 10.4 Å². The van der Waals surface area contributed by atoms with Crippen molar-refractivity contribution in [2.45, 2.75) is 83.5 Å². The van der Waals surface area contributed by atoms with Crippen molar-refractivity contribution in [1.82, 2.24) is 14.9 Å². The lowest BCUT2D eigenvalue weighted by Crippen LogP contribution is -2.47. The quantitative estimate of drug-likeness (QED) is 0.450. The number of fused-ring (bicyclic) bond motifs is 3. The molecule has 4 rings (SSSR count). The van der Waals surface area contributed by atoms with Crippen molar-refractivity contribution in [3.05, 3.63) is 20.8 Å². The Bertz CT molecular complexity index is 1130. The molecule has 1 fully saturated rings. The topological polar surface area (TPSA) is 87.8 Å². The lowest BCUT2D eigenvalue weighted by Gasteiger charge is -2.22. The molecule has 0 radical (unpaired) electrons. The number of thioether (sulfide) groups is 1. The summed E-state index contributed by atoms with van der Waals surface area (Å²) >= 11 is 2.95. The van der Waals surface area contributed by atoms with Crippen LogP contribution >= 0.6 is 23.1 Å².